The fraction of sp³-hybridized carbons (Fsp3) is 0.600. The molecule has 0 atom stereocenters. The van der Waals surface area contributed by atoms with Crippen LogP contribution in [0.2, 0.25) is 0 Å². The summed E-state index contributed by atoms with van der Waals surface area (Å²) in [5, 5.41) is 3.08. The van der Waals surface area contributed by atoms with Gasteiger partial charge in [-0.05, 0) is 6.44 Å². The van der Waals surface area contributed by atoms with E-state index >= 15 is 0 Å². The van der Waals surface area contributed by atoms with Crippen LogP contribution in [0.15, 0.2) is 12.4 Å². The molecule has 0 aliphatic heterocycles. The molecule has 46 valence electrons. The highest BCUT2D eigenvalue weighted by Gasteiger charge is 1.88. The summed E-state index contributed by atoms with van der Waals surface area (Å²) in [5.74, 6) is 0.965. The van der Waals surface area contributed by atoms with Crippen LogP contribution >= 0.6 is 0 Å². The lowest BCUT2D eigenvalue weighted by molar-refractivity contribution is 0.475. The van der Waals surface area contributed by atoms with E-state index in [1.54, 1.807) is 0 Å². The van der Waals surface area contributed by atoms with Crippen LogP contribution in [-0.4, -0.2) is 33.3 Å². The summed E-state index contributed by atoms with van der Waals surface area (Å²) in [6, 6.07) is 0. The monoisotopic (exact) mass is 112 g/mol. The first-order valence-corrected chi connectivity index (χ1v) is 2.78. The third-order valence-electron chi connectivity index (χ3n) is 0.921. The molecule has 0 heterocycles. The van der Waals surface area contributed by atoms with Gasteiger partial charge in [0.15, 0.2) is 0 Å². The van der Waals surface area contributed by atoms with Gasteiger partial charge in [-0.1, -0.05) is 6.58 Å². The summed E-state index contributed by atoms with van der Waals surface area (Å²) < 4.78 is 0. The van der Waals surface area contributed by atoms with Crippen molar-refractivity contribution in [1.29, 1.82) is 0 Å². The lowest BCUT2D eigenvalue weighted by Crippen LogP contribution is -2.25. The quantitative estimate of drug-likeness (QED) is 0.481. The molecule has 0 aliphatic rings. The fourth-order valence-electron chi connectivity index (χ4n) is 0.362. The SMILES string of the molecule is BCNC(=C)N(C)C. The molecule has 0 rings (SSSR count). The van der Waals surface area contributed by atoms with Gasteiger partial charge in [-0.15, -0.1) is 0 Å². The van der Waals surface area contributed by atoms with Crippen LogP contribution in [0.1, 0.15) is 0 Å². The van der Waals surface area contributed by atoms with Crippen LogP contribution in [0.25, 0.3) is 0 Å². The number of hydrogen-bond acceptors (Lipinski definition) is 2. The Balaban J connectivity index is 3.33. The van der Waals surface area contributed by atoms with Gasteiger partial charge in [0.25, 0.3) is 0 Å². The molecule has 1 N–H and O–H groups in total. The van der Waals surface area contributed by atoms with Crippen LogP contribution in [0.5, 0.6) is 0 Å². The highest BCUT2D eigenvalue weighted by Crippen LogP contribution is 1.84. The molecule has 0 aliphatic carbocycles. The molecular formula is C5H13BN2. The van der Waals surface area contributed by atoms with E-state index in [4.69, 9.17) is 0 Å². The van der Waals surface area contributed by atoms with Gasteiger partial charge >= 0.3 is 0 Å². The van der Waals surface area contributed by atoms with E-state index in [2.05, 4.69) is 19.7 Å². The molecule has 8 heavy (non-hydrogen) atoms. The highest BCUT2D eigenvalue weighted by molar-refractivity contribution is 6.08. The molecule has 0 saturated heterocycles. The fourth-order valence-corrected chi connectivity index (χ4v) is 0.362. The molecule has 0 unspecified atom stereocenters. The Morgan fingerprint density at radius 2 is 2.25 bits per heavy atom. The van der Waals surface area contributed by atoms with Crippen molar-refractivity contribution in [2.24, 2.45) is 0 Å². The number of hydrogen-bond donors (Lipinski definition) is 1. The van der Waals surface area contributed by atoms with E-state index in [0.29, 0.717) is 0 Å². The van der Waals surface area contributed by atoms with E-state index in [1.807, 2.05) is 19.0 Å². The molecule has 2 nitrogen and oxygen atoms in total. The Labute approximate surface area is 52.0 Å². The molecule has 0 radical (unpaired) electrons. The average Bonchev–Trinajstić information content (AvgIpc) is 1.67. The largest absolute Gasteiger partial charge is 0.381 e. The first-order chi connectivity index (χ1) is 3.68. The standard InChI is InChI=1S/C5H13BN2/c1-5(7-4-6)8(2)3/h7H,1,4,6H2,2-3H3. The van der Waals surface area contributed by atoms with Crippen molar-refractivity contribution in [1.82, 2.24) is 10.2 Å². The van der Waals surface area contributed by atoms with Gasteiger partial charge in [0, 0.05) is 14.1 Å². The molecule has 0 spiro atoms. The van der Waals surface area contributed by atoms with Crippen LogP contribution in [0.4, 0.5) is 0 Å². The Bertz CT molecular complexity index is 80.5. The van der Waals surface area contributed by atoms with Gasteiger partial charge in [-0.3, -0.25) is 0 Å². The Kier molecular flexibility index (Phi) is 3.16. The summed E-state index contributed by atoms with van der Waals surface area (Å²) in [4.78, 5) is 1.95. The van der Waals surface area contributed by atoms with Gasteiger partial charge in [0.05, 0.1) is 5.82 Å². The van der Waals surface area contributed by atoms with E-state index in [0.717, 1.165) is 12.3 Å². The summed E-state index contributed by atoms with van der Waals surface area (Å²) in [6.07, 6.45) is 0.941. The van der Waals surface area contributed by atoms with Crippen molar-refractivity contribution in [3.05, 3.63) is 12.4 Å². The highest BCUT2D eigenvalue weighted by atomic mass is 15.2. The first kappa shape index (κ1) is 7.40. The van der Waals surface area contributed by atoms with Crippen LogP contribution < -0.4 is 5.32 Å². The maximum atomic E-state index is 3.76. The second-order valence-corrected chi connectivity index (χ2v) is 1.87. The van der Waals surface area contributed by atoms with Crippen molar-refractivity contribution in [3.63, 3.8) is 0 Å². The lowest BCUT2D eigenvalue weighted by Gasteiger charge is -2.15. The number of nitrogens with one attached hydrogen (secondary N) is 1. The predicted molar refractivity (Wildman–Crippen MR) is 39.4 cm³/mol. The van der Waals surface area contributed by atoms with Crippen molar-refractivity contribution < 1.29 is 0 Å². The smallest absolute Gasteiger partial charge is 0.126 e. The zero-order valence-corrected chi connectivity index (χ0v) is 5.86. The van der Waals surface area contributed by atoms with Gasteiger partial charge < -0.3 is 10.2 Å². The minimum Gasteiger partial charge on any atom is -0.381 e. The predicted octanol–water partition coefficient (Wildman–Crippen LogP) is -0.801. The van der Waals surface area contributed by atoms with E-state index in [1.165, 1.54) is 0 Å². The normalized spacial score (nSPS) is 8.25. The van der Waals surface area contributed by atoms with E-state index < -0.39 is 0 Å². The van der Waals surface area contributed by atoms with Crippen molar-refractivity contribution in [2.45, 2.75) is 0 Å². The summed E-state index contributed by atoms with van der Waals surface area (Å²) in [7, 11) is 5.98. The lowest BCUT2D eigenvalue weighted by atomic mass is 10.2. The van der Waals surface area contributed by atoms with Gasteiger partial charge in [0.1, 0.15) is 7.85 Å². The minimum atomic E-state index is 0.941. The number of nitrogens with zero attached hydrogens (tertiary/aromatic N) is 1. The Morgan fingerprint density at radius 1 is 1.75 bits per heavy atom. The molecule has 0 bridgehead atoms. The Morgan fingerprint density at radius 3 is 2.38 bits per heavy atom. The number of rotatable bonds is 3. The molecule has 0 aromatic carbocycles. The zero-order valence-electron chi connectivity index (χ0n) is 5.86. The topological polar surface area (TPSA) is 15.3 Å². The zero-order chi connectivity index (χ0) is 6.57. The third-order valence-corrected chi connectivity index (χ3v) is 0.921. The summed E-state index contributed by atoms with van der Waals surface area (Å²) in [5.41, 5.74) is 0. The Hall–Kier alpha value is -0.595. The molecular weight excluding hydrogens is 98.9 g/mol. The first-order valence-electron chi connectivity index (χ1n) is 2.78. The van der Waals surface area contributed by atoms with Crippen molar-refractivity contribution in [3.8, 4) is 0 Å². The van der Waals surface area contributed by atoms with Crippen molar-refractivity contribution in [2.75, 3.05) is 20.5 Å². The molecule has 0 fully saturated rings. The molecule has 3 heteroatoms. The van der Waals surface area contributed by atoms with Crippen LogP contribution in [0, 0.1) is 0 Å². The maximum Gasteiger partial charge on any atom is 0.126 e. The minimum absolute atomic E-state index is 0.941. The maximum absolute atomic E-state index is 3.76. The molecule has 0 aromatic rings. The van der Waals surface area contributed by atoms with Gasteiger partial charge in [-0.2, -0.15) is 0 Å². The van der Waals surface area contributed by atoms with Crippen LogP contribution in [-0.2, 0) is 0 Å². The average molecular weight is 112 g/mol. The third kappa shape index (κ3) is 2.56. The van der Waals surface area contributed by atoms with Gasteiger partial charge in [-0.25, -0.2) is 0 Å². The second kappa shape index (κ2) is 3.41. The summed E-state index contributed by atoms with van der Waals surface area (Å²) >= 11 is 0. The van der Waals surface area contributed by atoms with Gasteiger partial charge in [0.2, 0.25) is 0 Å². The van der Waals surface area contributed by atoms with E-state index in [-0.39, 0.29) is 0 Å². The van der Waals surface area contributed by atoms with Crippen LogP contribution in [0.3, 0.4) is 0 Å². The van der Waals surface area contributed by atoms with E-state index in [9.17, 15) is 0 Å². The molecule has 0 saturated carbocycles. The molecule has 0 aromatic heterocycles. The van der Waals surface area contributed by atoms with Crippen molar-refractivity contribution >= 4 is 7.85 Å². The second-order valence-electron chi connectivity index (χ2n) is 1.87. The molecule has 0 amide bonds. The summed E-state index contributed by atoms with van der Waals surface area (Å²) in [6.45, 7) is 3.76.